The van der Waals surface area contributed by atoms with Crippen molar-refractivity contribution in [1.29, 1.82) is 0 Å². The molecule has 1 rings (SSSR count). The van der Waals surface area contributed by atoms with Crippen LogP contribution in [0.15, 0.2) is 0 Å². The Labute approximate surface area is 107 Å². The number of hydrogen-bond donors (Lipinski definition) is 1. The van der Waals surface area contributed by atoms with Gasteiger partial charge in [-0.05, 0) is 32.2 Å². The van der Waals surface area contributed by atoms with Crippen LogP contribution in [0.25, 0.3) is 0 Å². The molecule has 0 aromatic carbocycles. The van der Waals surface area contributed by atoms with Gasteiger partial charge in [0, 0.05) is 32.3 Å². The molecule has 0 aromatic heterocycles. The molecule has 2 atom stereocenters. The molecule has 1 aliphatic rings. The van der Waals surface area contributed by atoms with Crippen molar-refractivity contribution in [2.24, 2.45) is 0 Å². The third-order valence-corrected chi connectivity index (χ3v) is 3.63. The Balaban J connectivity index is 2.41. The van der Waals surface area contributed by atoms with Crippen LogP contribution in [0.1, 0.15) is 46.5 Å². The van der Waals surface area contributed by atoms with Gasteiger partial charge in [-0.15, -0.1) is 0 Å². The van der Waals surface area contributed by atoms with E-state index >= 15 is 0 Å². The van der Waals surface area contributed by atoms with E-state index in [0.29, 0.717) is 12.1 Å². The zero-order valence-corrected chi connectivity index (χ0v) is 11.9. The molecule has 102 valence electrons. The maximum Gasteiger partial charge on any atom is 0.0699 e. The molecule has 0 aliphatic carbocycles. The van der Waals surface area contributed by atoms with Gasteiger partial charge in [-0.1, -0.05) is 20.8 Å². The van der Waals surface area contributed by atoms with Crippen molar-refractivity contribution in [2.75, 3.05) is 32.8 Å². The lowest BCUT2D eigenvalue weighted by Crippen LogP contribution is -2.45. The molecule has 1 heterocycles. The summed E-state index contributed by atoms with van der Waals surface area (Å²) in [5.41, 5.74) is 0. The first kappa shape index (κ1) is 14.9. The van der Waals surface area contributed by atoms with Crippen LogP contribution in [0.4, 0.5) is 0 Å². The molecule has 0 spiro atoms. The predicted molar refractivity (Wildman–Crippen MR) is 73.5 cm³/mol. The van der Waals surface area contributed by atoms with Gasteiger partial charge in [-0.3, -0.25) is 4.90 Å². The molecular weight excluding hydrogens is 212 g/mol. The van der Waals surface area contributed by atoms with Crippen molar-refractivity contribution in [3.8, 4) is 0 Å². The highest BCUT2D eigenvalue weighted by molar-refractivity contribution is 4.77. The van der Waals surface area contributed by atoms with E-state index in [1.165, 1.54) is 25.8 Å². The van der Waals surface area contributed by atoms with Gasteiger partial charge in [-0.25, -0.2) is 0 Å². The summed E-state index contributed by atoms with van der Waals surface area (Å²) in [7, 11) is 0. The molecule has 17 heavy (non-hydrogen) atoms. The summed E-state index contributed by atoms with van der Waals surface area (Å²) in [5.74, 6) is 0. The van der Waals surface area contributed by atoms with Crippen LogP contribution in [-0.4, -0.2) is 49.8 Å². The van der Waals surface area contributed by atoms with Crippen molar-refractivity contribution in [3.63, 3.8) is 0 Å². The average molecular weight is 242 g/mol. The van der Waals surface area contributed by atoms with Gasteiger partial charge in [0.25, 0.3) is 0 Å². The van der Waals surface area contributed by atoms with Gasteiger partial charge >= 0.3 is 0 Å². The van der Waals surface area contributed by atoms with Crippen LogP contribution in [0, 0.1) is 0 Å². The fraction of sp³-hybridized carbons (Fsp3) is 1.00. The Morgan fingerprint density at radius 1 is 1.35 bits per heavy atom. The van der Waals surface area contributed by atoms with Crippen LogP contribution in [0.3, 0.4) is 0 Å². The van der Waals surface area contributed by atoms with E-state index in [9.17, 15) is 0 Å². The third-order valence-electron chi connectivity index (χ3n) is 3.63. The van der Waals surface area contributed by atoms with E-state index < -0.39 is 0 Å². The summed E-state index contributed by atoms with van der Waals surface area (Å²) in [4.78, 5) is 2.63. The zero-order chi connectivity index (χ0) is 12.5. The van der Waals surface area contributed by atoms with E-state index in [0.717, 1.165) is 32.7 Å². The first-order chi connectivity index (χ1) is 8.31. The minimum atomic E-state index is 0.442. The number of hydrogen-bond acceptors (Lipinski definition) is 3. The monoisotopic (exact) mass is 242 g/mol. The highest BCUT2D eigenvalue weighted by atomic mass is 16.5. The quantitative estimate of drug-likeness (QED) is 0.693. The highest BCUT2D eigenvalue weighted by Crippen LogP contribution is 2.13. The number of ether oxygens (including phenoxy) is 1. The van der Waals surface area contributed by atoms with Crippen molar-refractivity contribution in [1.82, 2.24) is 10.2 Å². The molecule has 0 radical (unpaired) electrons. The smallest absolute Gasteiger partial charge is 0.0699 e. The van der Waals surface area contributed by atoms with Gasteiger partial charge in [0.1, 0.15) is 0 Å². The molecule has 0 bridgehead atoms. The molecule has 1 saturated heterocycles. The molecule has 2 unspecified atom stereocenters. The normalized spacial score (nSPS) is 24.5. The fourth-order valence-corrected chi connectivity index (χ4v) is 2.48. The second-order valence-corrected chi connectivity index (χ2v) is 5.02. The number of nitrogens with zero attached hydrogens (tertiary/aromatic N) is 1. The summed E-state index contributed by atoms with van der Waals surface area (Å²) in [6.07, 6.45) is 5.21. The van der Waals surface area contributed by atoms with Crippen LogP contribution in [0.2, 0.25) is 0 Å². The highest BCUT2D eigenvalue weighted by Gasteiger charge is 2.22. The van der Waals surface area contributed by atoms with Crippen LogP contribution < -0.4 is 5.32 Å². The molecule has 0 amide bonds. The van der Waals surface area contributed by atoms with Gasteiger partial charge < -0.3 is 10.1 Å². The lowest BCUT2D eigenvalue weighted by molar-refractivity contribution is 0.0450. The minimum Gasteiger partial charge on any atom is -0.377 e. The zero-order valence-electron chi connectivity index (χ0n) is 11.9. The first-order valence-corrected chi connectivity index (χ1v) is 7.38. The second kappa shape index (κ2) is 8.90. The van der Waals surface area contributed by atoms with Gasteiger partial charge in [0.05, 0.1) is 6.10 Å². The predicted octanol–water partition coefficient (Wildman–Crippen LogP) is 2.27. The Bertz CT molecular complexity index is 187. The largest absolute Gasteiger partial charge is 0.377 e. The van der Waals surface area contributed by atoms with Crippen molar-refractivity contribution in [2.45, 2.75) is 58.6 Å². The van der Waals surface area contributed by atoms with Crippen LogP contribution in [-0.2, 0) is 4.74 Å². The van der Waals surface area contributed by atoms with Gasteiger partial charge in [0.2, 0.25) is 0 Å². The number of rotatable bonds is 7. The molecule has 1 fully saturated rings. The van der Waals surface area contributed by atoms with Crippen molar-refractivity contribution in [3.05, 3.63) is 0 Å². The SMILES string of the molecule is CCCNCC(CC)N1CCCOC(CC)C1. The maximum absolute atomic E-state index is 5.84. The standard InChI is InChI=1S/C14H30N2O/c1-4-8-15-11-13(5-2)16-9-7-10-17-14(6-3)12-16/h13-15H,4-12H2,1-3H3. The van der Waals surface area contributed by atoms with E-state index in [-0.39, 0.29) is 0 Å². The summed E-state index contributed by atoms with van der Waals surface area (Å²) < 4.78 is 5.84. The lowest BCUT2D eigenvalue weighted by Gasteiger charge is -2.31. The molecule has 1 N–H and O–H groups in total. The Morgan fingerprint density at radius 2 is 2.18 bits per heavy atom. The summed E-state index contributed by atoms with van der Waals surface area (Å²) in [6, 6.07) is 0.678. The summed E-state index contributed by atoms with van der Waals surface area (Å²) in [6.45, 7) is 12.3. The molecule has 0 saturated carbocycles. The molecular formula is C14H30N2O. The number of nitrogens with one attached hydrogen (secondary N) is 1. The van der Waals surface area contributed by atoms with E-state index in [1.54, 1.807) is 0 Å². The lowest BCUT2D eigenvalue weighted by atomic mass is 10.1. The average Bonchev–Trinajstić information content (AvgIpc) is 2.60. The van der Waals surface area contributed by atoms with E-state index in [2.05, 4.69) is 31.0 Å². The summed E-state index contributed by atoms with van der Waals surface area (Å²) in [5, 5.41) is 3.55. The molecule has 1 aliphatic heterocycles. The van der Waals surface area contributed by atoms with Crippen molar-refractivity contribution >= 4 is 0 Å². The third kappa shape index (κ3) is 5.36. The van der Waals surface area contributed by atoms with Crippen LogP contribution >= 0.6 is 0 Å². The van der Waals surface area contributed by atoms with E-state index in [1.807, 2.05) is 0 Å². The molecule has 3 nitrogen and oxygen atoms in total. The maximum atomic E-state index is 5.84. The molecule has 0 aromatic rings. The summed E-state index contributed by atoms with van der Waals surface area (Å²) >= 11 is 0. The Kier molecular flexibility index (Phi) is 7.82. The second-order valence-electron chi connectivity index (χ2n) is 5.02. The van der Waals surface area contributed by atoms with E-state index in [4.69, 9.17) is 4.74 Å². The Morgan fingerprint density at radius 3 is 2.82 bits per heavy atom. The topological polar surface area (TPSA) is 24.5 Å². The van der Waals surface area contributed by atoms with Gasteiger partial charge in [-0.2, -0.15) is 0 Å². The van der Waals surface area contributed by atoms with Crippen LogP contribution in [0.5, 0.6) is 0 Å². The molecule has 3 heteroatoms. The first-order valence-electron chi connectivity index (χ1n) is 7.38. The van der Waals surface area contributed by atoms with Gasteiger partial charge in [0.15, 0.2) is 0 Å². The van der Waals surface area contributed by atoms with Crippen molar-refractivity contribution < 1.29 is 4.74 Å². The minimum absolute atomic E-state index is 0.442. The Hall–Kier alpha value is -0.120. The fourth-order valence-electron chi connectivity index (χ4n) is 2.48.